The van der Waals surface area contributed by atoms with Crippen molar-refractivity contribution < 1.29 is 0 Å². The van der Waals surface area contributed by atoms with Crippen molar-refractivity contribution >= 4 is 29.9 Å². The lowest BCUT2D eigenvalue weighted by Gasteiger charge is -2.21. The Morgan fingerprint density at radius 3 is 2.30 bits per heavy atom. The minimum absolute atomic E-state index is 0. The molecule has 0 aromatic rings. The molecule has 1 aliphatic heterocycles. The van der Waals surface area contributed by atoms with Gasteiger partial charge in [-0.05, 0) is 38.8 Å². The third-order valence-electron chi connectivity index (χ3n) is 4.34. The highest BCUT2D eigenvalue weighted by molar-refractivity contribution is 14.0. The molecule has 0 aromatic carbocycles. The van der Waals surface area contributed by atoms with Crippen LogP contribution >= 0.6 is 24.0 Å². The van der Waals surface area contributed by atoms with Crippen LogP contribution in [0.3, 0.4) is 0 Å². The largest absolute Gasteiger partial charge is 0.355 e. The number of hydrogen-bond acceptors (Lipinski definition) is 2. The van der Waals surface area contributed by atoms with Crippen molar-refractivity contribution in [3.8, 4) is 0 Å². The van der Waals surface area contributed by atoms with E-state index in [2.05, 4.69) is 20.5 Å². The van der Waals surface area contributed by atoms with Crippen molar-refractivity contribution in [2.24, 2.45) is 4.99 Å². The zero-order valence-electron chi connectivity index (χ0n) is 12.9. The Hall–Kier alpha value is -0.0400. The molecular weight excluding hydrogens is 363 g/mol. The average Bonchev–Trinajstić information content (AvgIpc) is 2.80. The molecule has 0 aromatic heterocycles. The van der Waals surface area contributed by atoms with Crippen LogP contribution in [0.5, 0.6) is 0 Å². The van der Waals surface area contributed by atoms with Gasteiger partial charge in [-0.2, -0.15) is 0 Å². The predicted molar refractivity (Wildman–Crippen MR) is 97.1 cm³/mol. The van der Waals surface area contributed by atoms with Gasteiger partial charge in [0.1, 0.15) is 0 Å². The van der Waals surface area contributed by atoms with Crippen LogP contribution in [0.4, 0.5) is 0 Å². The van der Waals surface area contributed by atoms with E-state index in [-0.39, 0.29) is 24.0 Å². The second-order valence-corrected chi connectivity index (χ2v) is 5.88. The van der Waals surface area contributed by atoms with Crippen molar-refractivity contribution in [1.82, 2.24) is 15.5 Å². The molecule has 0 spiro atoms. The number of halogens is 1. The van der Waals surface area contributed by atoms with Crippen LogP contribution in [0.25, 0.3) is 0 Å². The van der Waals surface area contributed by atoms with Crippen LogP contribution in [-0.2, 0) is 0 Å². The van der Waals surface area contributed by atoms with Gasteiger partial charge in [-0.15, -0.1) is 24.0 Å². The van der Waals surface area contributed by atoms with E-state index in [1.54, 1.807) is 0 Å². The van der Waals surface area contributed by atoms with Gasteiger partial charge in [-0.1, -0.05) is 25.7 Å². The Labute approximate surface area is 141 Å². The van der Waals surface area contributed by atoms with Crippen LogP contribution in [0.2, 0.25) is 0 Å². The maximum absolute atomic E-state index is 4.33. The minimum Gasteiger partial charge on any atom is -0.355 e. The first kappa shape index (κ1) is 18.0. The summed E-state index contributed by atoms with van der Waals surface area (Å²) in [4.78, 5) is 6.91. The van der Waals surface area contributed by atoms with Crippen molar-refractivity contribution in [1.29, 1.82) is 0 Å². The second-order valence-electron chi connectivity index (χ2n) is 5.88. The van der Waals surface area contributed by atoms with Crippen molar-refractivity contribution in [3.63, 3.8) is 0 Å². The van der Waals surface area contributed by atoms with E-state index in [1.165, 1.54) is 64.5 Å². The summed E-state index contributed by atoms with van der Waals surface area (Å²) in [6.07, 6.45) is 10.9. The monoisotopic (exact) mass is 394 g/mol. The highest BCUT2D eigenvalue weighted by atomic mass is 127. The Bertz CT molecular complexity index is 269. The van der Waals surface area contributed by atoms with E-state index in [0.717, 1.165) is 19.0 Å². The van der Waals surface area contributed by atoms with E-state index >= 15 is 0 Å². The quantitative estimate of drug-likeness (QED) is 0.438. The molecule has 2 aliphatic rings. The van der Waals surface area contributed by atoms with Gasteiger partial charge in [0.25, 0.3) is 0 Å². The van der Waals surface area contributed by atoms with Gasteiger partial charge in [0, 0.05) is 26.2 Å². The van der Waals surface area contributed by atoms with E-state index in [4.69, 9.17) is 0 Å². The number of aliphatic imine (C=N–C) groups is 1. The summed E-state index contributed by atoms with van der Waals surface area (Å²) in [5.41, 5.74) is 0. The molecule has 0 atom stereocenters. The summed E-state index contributed by atoms with van der Waals surface area (Å²) in [6.45, 7) is 4.70. The van der Waals surface area contributed by atoms with Gasteiger partial charge in [-0.25, -0.2) is 0 Å². The third kappa shape index (κ3) is 6.61. The molecule has 0 bridgehead atoms. The topological polar surface area (TPSA) is 39.7 Å². The molecule has 2 N–H and O–H groups in total. The summed E-state index contributed by atoms with van der Waals surface area (Å²) in [7, 11) is 1.87. The van der Waals surface area contributed by atoms with E-state index in [0.29, 0.717) is 6.04 Å². The normalized spacial score (nSPS) is 22.1. The maximum atomic E-state index is 4.33. The van der Waals surface area contributed by atoms with Gasteiger partial charge in [0.05, 0.1) is 0 Å². The highest BCUT2D eigenvalue weighted by Gasteiger charge is 2.16. The van der Waals surface area contributed by atoms with Gasteiger partial charge in [-0.3, -0.25) is 4.99 Å². The van der Waals surface area contributed by atoms with E-state index in [9.17, 15) is 0 Å². The molecule has 20 heavy (non-hydrogen) atoms. The molecule has 1 saturated heterocycles. The van der Waals surface area contributed by atoms with E-state index < -0.39 is 0 Å². The average molecular weight is 394 g/mol. The van der Waals surface area contributed by atoms with Crippen LogP contribution in [-0.4, -0.2) is 50.1 Å². The first-order valence-electron chi connectivity index (χ1n) is 8.08. The van der Waals surface area contributed by atoms with E-state index in [1.807, 2.05) is 7.05 Å². The first-order chi connectivity index (χ1) is 9.38. The molecule has 2 rings (SSSR count). The van der Waals surface area contributed by atoms with Gasteiger partial charge < -0.3 is 15.5 Å². The number of guanidine groups is 1. The van der Waals surface area contributed by atoms with Crippen LogP contribution in [0.15, 0.2) is 4.99 Å². The molecule has 1 aliphatic carbocycles. The Kier molecular flexibility index (Phi) is 9.59. The molecule has 0 amide bonds. The Morgan fingerprint density at radius 1 is 1.05 bits per heavy atom. The fraction of sp³-hybridized carbons (Fsp3) is 0.933. The van der Waals surface area contributed by atoms with Gasteiger partial charge >= 0.3 is 0 Å². The predicted octanol–water partition coefficient (Wildman–Crippen LogP) is 2.59. The lowest BCUT2D eigenvalue weighted by Crippen LogP contribution is -2.45. The second kappa shape index (κ2) is 10.7. The molecule has 2 fully saturated rings. The first-order valence-corrected chi connectivity index (χ1v) is 8.08. The van der Waals surface area contributed by atoms with Gasteiger partial charge in [0.15, 0.2) is 5.96 Å². The Balaban J connectivity index is 0.00000200. The van der Waals surface area contributed by atoms with Crippen LogP contribution < -0.4 is 10.6 Å². The summed E-state index contributed by atoms with van der Waals surface area (Å²) in [5, 5.41) is 7.00. The van der Waals surface area contributed by atoms with Crippen LogP contribution in [0.1, 0.15) is 51.4 Å². The summed E-state index contributed by atoms with van der Waals surface area (Å²) in [6, 6.07) is 0.643. The van der Waals surface area contributed by atoms with Crippen molar-refractivity contribution in [2.75, 3.05) is 33.2 Å². The lowest BCUT2D eigenvalue weighted by atomic mass is 10.2. The number of nitrogens with one attached hydrogen (secondary N) is 2. The summed E-state index contributed by atoms with van der Waals surface area (Å²) >= 11 is 0. The standard InChI is InChI=1S/C15H30N4.HI/c1-16-15(18-14-8-4-5-9-14)17-10-13-19-11-6-2-3-7-12-19;/h14H,2-13H2,1H3,(H2,16,17,18);1H. The summed E-state index contributed by atoms with van der Waals surface area (Å²) in [5.74, 6) is 0.988. The zero-order chi connectivity index (χ0) is 13.3. The minimum atomic E-state index is 0. The third-order valence-corrected chi connectivity index (χ3v) is 4.34. The molecule has 1 saturated carbocycles. The molecular formula is C15H31IN4. The van der Waals surface area contributed by atoms with Crippen molar-refractivity contribution in [2.45, 2.75) is 57.4 Å². The number of nitrogens with zero attached hydrogens (tertiary/aromatic N) is 2. The maximum Gasteiger partial charge on any atom is 0.191 e. The molecule has 0 unspecified atom stereocenters. The SMILES string of the molecule is CN=C(NCCN1CCCCCC1)NC1CCCC1.I. The zero-order valence-corrected chi connectivity index (χ0v) is 15.2. The highest BCUT2D eigenvalue weighted by Crippen LogP contribution is 2.17. The van der Waals surface area contributed by atoms with Crippen LogP contribution in [0, 0.1) is 0 Å². The molecule has 1 heterocycles. The molecule has 118 valence electrons. The summed E-state index contributed by atoms with van der Waals surface area (Å²) < 4.78 is 0. The number of hydrogen-bond donors (Lipinski definition) is 2. The molecule has 4 nitrogen and oxygen atoms in total. The fourth-order valence-electron chi connectivity index (χ4n) is 3.15. The lowest BCUT2D eigenvalue weighted by molar-refractivity contribution is 0.289. The van der Waals surface area contributed by atoms with Gasteiger partial charge in [0.2, 0.25) is 0 Å². The number of likely N-dealkylation sites (tertiary alicyclic amines) is 1. The molecule has 0 radical (unpaired) electrons. The Morgan fingerprint density at radius 2 is 1.70 bits per heavy atom. The number of rotatable bonds is 4. The molecule has 5 heteroatoms. The smallest absolute Gasteiger partial charge is 0.191 e. The van der Waals surface area contributed by atoms with Crippen molar-refractivity contribution in [3.05, 3.63) is 0 Å². The fourth-order valence-corrected chi connectivity index (χ4v) is 3.15.